The summed E-state index contributed by atoms with van der Waals surface area (Å²) in [5.74, 6) is 2.16. The highest BCUT2D eigenvalue weighted by Gasteiger charge is 2.12. The minimum absolute atomic E-state index is 0.0233. The molecule has 2 aromatic rings. The molecular formula is C16H22N2O2. The molecule has 2 rings (SSSR count). The van der Waals surface area contributed by atoms with Gasteiger partial charge in [0.2, 0.25) is 0 Å². The highest BCUT2D eigenvalue weighted by molar-refractivity contribution is 5.92. The van der Waals surface area contributed by atoms with Crippen LogP contribution in [-0.4, -0.2) is 29.8 Å². The molecule has 0 saturated heterocycles. The van der Waals surface area contributed by atoms with Crippen LogP contribution in [0.2, 0.25) is 0 Å². The molecule has 0 fully saturated rings. The number of nitrogens with zero attached hydrogens (tertiary/aromatic N) is 1. The van der Waals surface area contributed by atoms with Gasteiger partial charge in [0, 0.05) is 11.6 Å². The van der Waals surface area contributed by atoms with Crippen LogP contribution in [0.15, 0.2) is 30.5 Å². The molecule has 0 saturated carbocycles. The van der Waals surface area contributed by atoms with Crippen LogP contribution in [0.4, 0.5) is 5.82 Å². The molecule has 0 aliphatic carbocycles. The SMILES string of the molecule is COc1ccc2c(NC(CO)CC(C)C)nccc2c1. The Labute approximate surface area is 119 Å². The van der Waals surface area contributed by atoms with Gasteiger partial charge in [0.25, 0.3) is 0 Å². The van der Waals surface area contributed by atoms with Gasteiger partial charge in [0.1, 0.15) is 11.6 Å². The lowest BCUT2D eigenvalue weighted by atomic mass is 10.0. The largest absolute Gasteiger partial charge is 0.497 e. The first-order chi connectivity index (χ1) is 9.63. The summed E-state index contributed by atoms with van der Waals surface area (Å²) in [4.78, 5) is 4.39. The van der Waals surface area contributed by atoms with Crippen LogP contribution in [0.1, 0.15) is 20.3 Å². The van der Waals surface area contributed by atoms with Gasteiger partial charge in [-0.15, -0.1) is 0 Å². The van der Waals surface area contributed by atoms with Gasteiger partial charge in [-0.2, -0.15) is 0 Å². The van der Waals surface area contributed by atoms with E-state index in [2.05, 4.69) is 24.1 Å². The summed E-state index contributed by atoms with van der Waals surface area (Å²) in [7, 11) is 1.66. The Kier molecular flexibility index (Phi) is 4.79. The molecule has 20 heavy (non-hydrogen) atoms. The maximum Gasteiger partial charge on any atom is 0.134 e. The van der Waals surface area contributed by atoms with Crippen LogP contribution in [-0.2, 0) is 0 Å². The molecule has 1 atom stereocenters. The van der Waals surface area contributed by atoms with Crippen molar-refractivity contribution >= 4 is 16.6 Å². The molecule has 0 bridgehead atoms. The van der Waals surface area contributed by atoms with Gasteiger partial charge < -0.3 is 15.2 Å². The third-order valence-corrected chi connectivity index (χ3v) is 3.29. The average molecular weight is 274 g/mol. The van der Waals surface area contributed by atoms with Crippen molar-refractivity contribution in [3.05, 3.63) is 30.5 Å². The molecule has 1 unspecified atom stereocenters. The molecule has 4 heteroatoms. The Balaban J connectivity index is 2.29. The van der Waals surface area contributed by atoms with Gasteiger partial charge in [-0.05, 0) is 42.0 Å². The van der Waals surface area contributed by atoms with Crippen LogP contribution in [0.3, 0.4) is 0 Å². The van der Waals surface area contributed by atoms with E-state index in [0.717, 1.165) is 28.8 Å². The van der Waals surface area contributed by atoms with E-state index in [4.69, 9.17) is 4.74 Å². The maximum atomic E-state index is 9.48. The Hall–Kier alpha value is -1.81. The number of anilines is 1. The first-order valence-electron chi connectivity index (χ1n) is 6.94. The predicted molar refractivity (Wildman–Crippen MR) is 82.2 cm³/mol. The van der Waals surface area contributed by atoms with Crippen LogP contribution >= 0.6 is 0 Å². The van der Waals surface area contributed by atoms with Gasteiger partial charge in [0.15, 0.2) is 0 Å². The van der Waals surface area contributed by atoms with Crippen molar-refractivity contribution in [2.24, 2.45) is 5.92 Å². The number of aromatic nitrogens is 1. The van der Waals surface area contributed by atoms with Crippen LogP contribution < -0.4 is 10.1 Å². The number of pyridine rings is 1. The predicted octanol–water partition coefficient (Wildman–Crippen LogP) is 3.06. The summed E-state index contributed by atoms with van der Waals surface area (Å²) >= 11 is 0. The standard InChI is InChI=1S/C16H22N2O2/c1-11(2)8-13(10-19)18-16-15-5-4-14(20-3)9-12(15)6-7-17-16/h4-7,9,11,13,19H,8,10H2,1-3H3,(H,17,18). The highest BCUT2D eigenvalue weighted by Crippen LogP contribution is 2.26. The molecule has 108 valence electrons. The zero-order valence-electron chi connectivity index (χ0n) is 12.3. The number of aliphatic hydroxyl groups excluding tert-OH is 1. The van der Waals surface area contributed by atoms with E-state index in [1.54, 1.807) is 13.3 Å². The number of hydrogen-bond acceptors (Lipinski definition) is 4. The maximum absolute atomic E-state index is 9.48. The molecule has 0 aliphatic heterocycles. The molecule has 0 amide bonds. The van der Waals surface area contributed by atoms with Gasteiger partial charge in [-0.1, -0.05) is 13.8 Å². The van der Waals surface area contributed by atoms with Crippen molar-refractivity contribution in [3.63, 3.8) is 0 Å². The van der Waals surface area contributed by atoms with E-state index in [9.17, 15) is 5.11 Å². The number of aliphatic hydroxyl groups is 1. The lowest BCUT2D eigenvalue weighted by Crippen LogP contribution is -2.26. The first-order valence-corrected chi connectivity index (χ1v) is 6.94. The Morgan fingerprint density at radius 2 is 2.10 bits per heavy atom. The van der Waals surface area contributed by atoms with Gasteiger partial charge in [-0.3, -0.25) is 0 Å². The molecule has 0 radical (unpaired) electrons. The van der Waals surface area contributed by atoms with Crippen molar-refractivity contribution in [3.8, 4) is 5.75 Å². The summed E-state index contributed by atoms with van der Waals surface area (Å²) < 4.78 is 5.24. The fourth-order valence-electron chi connectivity index (χ4n) is 2.34. The zero-order chi connectivity index (χ0) is 14.5. The van der Waals surface area contributed by atoms with Crippen molar-refractivity contribution in [2.75, 3.05) is 19.0 Å². The number of rotatable bonds is 6. The highest BCUT2D eigenvalue weighted by atomic mass is 16.5. The number of ether oxygens (including phenoxy) is 1. The lowest BCUT2D eigenvalue weighted by Gasteiger charge is -2.20. The van der Waals surface area contributed by atoms with Crippen LogP contribution in [0.25, 0.3) is 10.8 Å². The monoisotopic (exact) mass is 274 g/mol. The number of methoxy groups -OCH3 is 1. The molecule has 2 N–H and O–H groups in total. The molecule has 0 spiro atoms. The van der Waals surface area contributed by atoms with E-state index in [1.807, 2.05) is 24.3 Å². The first kappa shape index (κ1) is 14.6. The van der Waals surface area contributed by atoms with Crippen molar-refractivity contribution in [1.29, 1.82) is 0 Å². The fourth-order valence-corrected chi connectivity index (χ4v) is 2.34. The summed E-state index contributed by atoms with van der Waals surface area (Å²) in [5.41, 5.74) is 0. The van der Waals surface area contributed by atoms with Crippen molar-refractivity contribution in [2.45, 2.75) is 26.3 Å². The smallest absolute Gasteiger partial charge is 0.134 e. The van der Waals surface area contributed by atoms with Gasteiger partial charge in [-0.25, -0.2) is 4.98 Å². The van der Waals surface area contributed by atoms with Crippen LogP contribution in [0, 0.1) is 5.92 Å². The molecule has 1 aromatic carbocycles. The number of nitrogens with one attached hydrogen (secondary N) is 1. The third-order valence-electron chi connectivity index (χ3n) is 3.29. The second kappa shape index (κ2) is 6.57. The van der Waals surface area contributed by atoms with E-state index < -0.39 is 0 Å². The normalized spacial score (nSPS) is 12.7. The van der Waals surface area contributed by atoms with E-state index in [0.29, 0.717) is 5.92 Å². The lowest BCUT2D eigenvalue weighted by molar-refractivity contribution is 0.259. The number of fused-ring (bicyclic) bond motifs is 1. The summed E-state index contributed by atoms with van der Waals surface area (Å²) in [6.07, 6.45) is 2.68. The Bertz CT molecular complexity index is 569. The van der Waals surface area contributed by atoms with Gasteiger partial charge >= 0.3 is 0 Å². The molecular weight excluding hydrogens is 252 g/mol. The third kappa shape index (κ3) is 3.39. The minimum Gasteiger partial charge on any atom is -0.497 e. The summed E-state index contributed by atoms with van der Waals surface area (Å²) in [5, 5.41) is 14.9. The van der Waals surface area contributed by atoms with Gasteiger partial charge in [0.05, 0.1) is 19.8 Å². The average Bonchev–Trinajstić information content (AvgIpc) is 2.45. The molecule has 0 aliphatic rings. The minimum atomic E-state index is 0.0233. The van der Waals surface area contributed by atoms with E-state index in [-0.39, 0.29) is 12.6 Å². The molecule has 4 nitrogen and oxygen atoms in total. The Morgan fingerprint density at radius 3 is 2.75 bits per heavy atom. The van der Waals surface area contributed by atoms with Crippen molar-refractivity contribution < 1.29 is 9.84 Å². The summed E-state index contributed by atoms with van der Waals surface area (Å²) in [6, 6.07) is 7.88. The number of hydrogen-bond donors (Lipinski definition) is 2. The van der Waals surface area contributed by atoms with E-state index >= 15 is 0 Å². The zero-order valence-corrected chi connectivity index (χ0v) is 12.3. The second-order valence-electron chi connectivity index (χ2n) is 5.40. The van der Waals surface area contributed by atoms with E-state index in [1.165, 1.54) is 0 Å². The molecule has 1 heterocycles. The quantitative estimate of drug-likeness (QED) is 0.850. The fraction of sp³-hybridized carbons (Fsp3) is 0.438. The van der Waals surface area contributed by atoms with Crippen molar-refractivity contribution in [1.82, 2.24) is 4.98 Å². The molecule has 1 aromatic heterocycles. The topological polar surface area (TPSA) is 54.4 Å². The summed E-state index contributed by atoms with van der Waals surface area (Å²) in [6.45, 7) is 4.39. The number of benzene rings is 1. The van der Waals surface area contributed by atoms with Crippen LogP contribution in [0.5, 0.6) is 5.75 Å². The second-order valence-corrected chi connectivity index (χ2v) is 5.40. The Morgan fingerprint density at radius 1 is 1.30 bits per heavy atom.